The normalized spacial score (nSPS) is 11.1. The lowest BCUT2D eigenvalue weighted by Gasteiger charge is -2.10. The molecule has 0 fully saturated rings. The molecule has 0 aliphatic heterocycles. The van der Waals surface area contributed by atoms with Gasteiger partial charge < -0.3 is 5.32 Å². The SMILES string of the molecule is CCc1nc(NCc2c(F)cccc2Cl)c2cnn(C)c2n1. The summed E-state index contributed by atoms with van der Waals surface area (Å²) in [6.45, 7) is 2.23. The number of hydrogen-bond acceptors (Lipinski definition) is 4. The summed E-state index contributed by atoms with van der Waals surface area (Å²) in [5.41, 5.74) is 1.16. The monoisotopic (exact) mass is 319 g/mol. The van der Waals surface area contributed by atoms with E-state index in [4.69, 9.17) is 11.6 Å². The Labute approximate surface area is 132 Å². The van der Waals surface area contributed by atoms with Gasteiger partial charge >= 0.3 is 0 Å². The summed E-state index contributed by atoms with van der Waals surface area (Å²) in [4.78, 5) is 8.92. The van der Waals surface area contributed by atoms with E-state index in [1.54, 1.807) is 23.0 Å². The first kappa shape index (κ1) is 14.7. The molecule has 22 heavy (non-hydrogen) atoms. The van der Waals surface area contributed by atoms with Gasteiger partial charge in [0.15, 0.2) is 5.65 Å². The van der Waals surface area contributed by atoms with Gasteiger partial charge in [-0.1, -0.05) is 24.6 Å². The number of anilines is 1. The highest BCUT2D eigenvalue weighted by Crippen LogP contribution is 2.23. The second-order valence-corrected chi connectivity index (χ2v) is 5.31. The summed E-state index contributed by atoms with van der Waals surface area (Å²) < 4.78 is 15.5. The van der Waals surface area contributed by atoms with Crippen LogP contribution in [0.3, 0.4) is 0 Å². The molecule has 0 bridgehead atoms. The lowest BCUT2D eigenvalue weighted by molar-refractivity contribution is 0.613. The predicted molar refractivity (Wildman–Crippen MR) is 84.4 cm³/mol. The summed E-state index contributed by atoms with van der Waals surface area (Å²) >= 11 is 6.05. The zero-order chi connectivity index (χ0) is 15.7. The fraction of sp³-hybridized carbons (Fsp3) is 0.267. The first-order chi connectivity index (χ1) is 10.6. The molecular weight excluding hydrogens is 305 g/mol. The molecule has 0 aliphatic carbocycles. The molecule has 0 unspecified atom stereocenters. The molecule has 114 valence electrons. The van der Waals surface area contributed by atoms with Crippen molar-refractivity contribution in [3.8, 4) is 0 Å². The van der Waals surface area contributed by atoms with Crippen LogP contribution in [0.2, 0.25) is 5.02 Å². The largest absolute Gasteiger partial charge is 0.365 e. The Bertz CT molecular complexity index is 810. The Morgan fingerprint density at radius 1 is 1.32 bits per heavy atom. The van der Waals surface area contributed by atoms with Crippen molar-refractivity contribution >= 4 is 28.5 Å². The van der Waals surface area contributed by atoms with Crippen molar-refractivity contribution in [2.45, 2.75) is 19.9 Å². The lowest BCUT2D eigenvalue weighted by Crippen LogP contribution is -2.07. The highest BCUT2D eigenvalue weighted by atomic mass is 35.5. The maximum Gasteiger partial charge on any atom is 0.163 e. The van der Waals surface area contributed by atoms with Crippen LogP contribution in [0.1, 0.15) is 18.3 Å². The van der Waals surface area contributed by atoms with Crippen LogP contribution in [0.25, 0.3) is 11.0 Å². The van der Waals surface area contributed by atoms with Gasteiger partial charge in [0.1, 0.15) is 17.5 Å². The van der Waals surface area contributed by atoms with Gasteiger partial charge in [-0.2, -0.15) is 5.10 Å². The molecule has 0 atom stereocenters. The molecule has 7 heteroatoms. The highest BCUT2D eigenvalue weighted by Gasteiger charge is 2.12. The Hall–Kier alpha value is -2.21. The Balaban J connectivity index is 1.97. The second-order valence-electron chi connectivity index (χ2n) is 4.90. The van der Waals surface area contributed by atoms with E-state index in [0.717, 1.165) is 11.0 Å². The third-order valence-corrected chi connectivity index (χ3v) is 3.80. The van der Waals surface area contributed by atoms with E-state index in [0.29, 0.717) is 28.6 Å². The number of hydrogen-bond donors (Lipinski definition) is 1. The predicted octanol–water partition coefficient (Wildman–Crippen LogP) is 3.33. The van der Waals surface area contributed by atoms with Gasteiger partial charge in [0, 0.05) is 30.6 Å². The first-order valence-electron chi connectivity index (χ1n) is 6.95. The zero-order valence-corrected chi connectivity index (χ0v) is 13.0. The number of fused-ring (bicyclic) bond motifs is 1. The molecule has 3 rings (SSSR count). The Morgan fingerprint density at radius 3 is 2.86 bits per heavy atom. The molecule has 0 spiro atoms. The van der Waals surface area contributed by atoms with E-state index in [1.807, 2.05) is 14.0 Å². The van der Waals surface area contributed by atoms with Gasteiger partial charge in [0.05, 0.1) is 11.6 Å². The van der Waals surface area contributed by atoms with E-state index < -0.39 is 0 Å². The second kappa shape index (κ2) is 5.88. The molecule has 0 amide bonds. The van der Waals surface area contributed by atoms with Crippen LogP contribution < -0.4 is 5.32 Å². The van der Waals surface area contributed by atoms with Gasteiger partial charge in [-0.05, 0) is 12.1 Å². The minimum absolute atomic E-state index is 0.246. The van der Waals surface area contributed by atoms with Crippen LogP contribution in [0.4, 0.5) is 10.2 Å². The zero-order valence-electron chi connectivity index (χ0n) is 12.3. The third-order valence-electron chi connectivity index (χ3n) is 3.45. The molecular formula is C15H15ClFN5. The summed E-state index contributed by atoms with van der Waals surface area (Å²) in [6, 6.07) is 4.64. The lowest BCUT2D eigenvalue weighted by atomic mass is 10.2. The van der Waals surface area contributed by atoms with Crippen molar-refractivity contribution in [3.63, 3.8) is 0 Å². The molecule has 2 heterocycles. The standard InChI is InChI=1S/C15H15ClFN5/c1-3-13-20-14(10-8-19-22(2)15(10)21-13)18-7-9-11(16)5-4-6-12(9)17/h4-6,8H,3,7H2,1-2H3,(H,18,20,21). The van der Waals surface area contributed by atoms with E-state index in [9.17, 15) is 4.39 Å². The van der Waals surface area contributed by atoms with Crippen molar-refractivity contribution in [1.82, 2.24) is 19.7 Å². The van der Waals surface area contributed by atoms with Crippen molar-refractivity contribution in [3.05, 3.63) is 46.6 Å². The van der Waals surface area contributed by atoms with Crippen LogP contribution in [0.15, 0.2) is 24.4 Å². The third kappa shape index (κ3) is 2.62. The number of nitrogens with one attached hydrogen (secondary N) is 1. The van der Waals surface area contributed by atoms with E-state index in [2.05, 4.69) is 20.4 Å². The Morgan fingerprint density at radius 2 is 2.14 bits per heavy atom. The van der Waals surface area contributed by atoms with E-state index >= 15 is 0 Å². The van der Waals surface area contributed by atoms with Crippen molar-refractivity contribution in [1.29, 1.82) is 0 Å². The molecule has 1 N–H and O–H groups in total. The van der Waals surface area contributed by atoms with Gasteiger partial charge in [-0.15, -0.1) is 0 Å². The van der Waals surface area contributed by atoms with E-state index in [1.165, 1.54) is 6.07 Å². The fourth-order valence-corrected chi connectivity index (χ4v) is 2.46. The number of rotatable bonds is 4. The van der Waals surface area contributed by atoms with Crippen LogP contribution >= 0.6 is 11.6 Å². The molecule has 0 aliphatic rings. The topological polar surface area (TPSA) is 55.6 Å². The fourth-order valence-electron chi connectivity index (χ4n) is 2.23. The average molecular weight is 320 g/mol. The number of halogens is 2. The van der Waals surface area contributed by atoms with Gasteiger partial charge in [-0.3, -0.25) is 4.68 Å². The average Bonchev–Trinajstić information content (AvgIpc) is 2.88. The van der Waals surface area contributed by atoms with Crippen molar-refractivity contribution in [2.75, 3.05) is 5.32 Å². The summed E-state index contributed by atoms with van der Waals surface area (Å²) in [7, 11) is 1.83. The minimum Gasteiger partial charge on any atom is -0.365 e. The molecule has 3 aromatic rings. The van der Waals surface area contributed by atoms with Gasteiger partial charge in [-0.25, -0.2) is 14.4 Å². The smallest absolute Gasteiger partial charge is 0.163 e. The molecule has 1 aromatic carbocycles. The highest BCUT2D eigenvalue weighted by molar-refractivity contribution is 6.31. The molecule has 2 aromatic heterocycles. The molecule has 0 saturated heterocycles. The molecule has 5 nitrogen and oxygen atoms in total. The summed E-state index contributed by atoms with van der Waals surface area (Å²) in [5, 5.41) is 8.53. The van der Waals surface area contributed by atoms with Crippen LogP contribution in [0, 0.1) is 5.82 Å². The molecule has 0 radical (unpaired) electrons. The van der Waals surface area contributed by atoms with Gasteiger partial charge in [0.2, 0.25) is 0 Å². The van der Waals surface area contributed by atoms with Gasteiger partial charge in [0.25, 0.3) is 0 Å². The van der Waals surface area contributed by atoms with E-state index in [-0.39, 0.29) is 12.4 Å². The maximum absolute atomic E-state index is 13.8. The summed E-state index contributed by atoms with van der Waals surface area (Å²) in [6.07, 6.45) is 2.40. The van der Waals surface area contributed by atoms with Crippen LogP contribution in [0.5, 0.6) is 0 Å². The van der Waals surface area contributed by atoms with Crippen molar-refractivity contribution in [2.24, 2.45) is 7.05 Å². The first-order valence-corrected chi connectivity index (χ1v) is 7.33. The molecule has 0 saturated carbocycles. The number of nitrogens with zero attached hydrogens (tertiary/aromatic N) is 4. The van der Waals surface area contributed by atoms with Crippen LogP contribution in [-0.4, -0.2) is 19.7 Å². The Kier molecular flexibility index (Phi) is 3.94. The maximum atomic E-state index is 13.8. The summed E-state index contributed by atoms with van der Waals surface area (Å²) in [5.74, 6) is 1.000. The number of aryl methyl sites for hydroxylation is 2. The minimum atomic E-state index is -0.341. The number of aromatic nitrogens is 4. The quantitative estimate of drug-likeness (QED) is 0.801. The number of benzene rings is 1. The van der Waals surface area contributed by atoms with Crippen molar-refractivity contribution < 1.29 is 4.39 Å². The van der Waals surface area contributed by atoms with Crippen LogP contribution in [-0.2, 0) is 20.0 Å².